The van der Waals surface area contributed by atoms with Gasteiger partial charge in [-0.05, 0) is 12.8 Å². The number of hydrogen-bond donors (Lipinski definition) is 2. The maximum atomic E-state index is 14.2. The Labute approximate surface area is 151 Å². The van der Waals surface area contributed by atoms with E-state index in [1.807, 2.05) is 0 Å². The third-order valence-corrected chi connectivity index (χ3v) is 3.75. The highest BCUT2D eigenvalue weighted by Crippen LogP contribution is 2.44. The normalized spacial score (nSPS) is 12.2. The zero-order chi connectivity index (χ0) is 22.5. The van der Waals surface area contributed by atoms with Gasteiger partial charge in [0.2, 0.25) is 0 Å². The van der Waals surface area contributed by atoms with Gasteiger partial charge in [0.1, 0.15) is 37.9 Å². The van der Waals surface area contributed by atoms with Gasteiger partial charge in [-0.15, -0.1) is 0 Å². The van der Waals surface area contributed by atoms with E-state index in [0.717, 1.165) is 0 Å². The molecule has 0 aromatic rings. The van der Waals surface area contributed by atoms with Crippen LogP contribution >= 0.6 is 0 Å². The Morgan fingerprint density at radius 1 is 0.786 bits per heavy atom. The molecular formula is C10H12F2N4O12. The molecule has 0 aromatic carbocycles. The first-order chi connectivity index (χ1) is 12.5. The molecule has 0 aliphatic heterocycles. The molecule has 0 unspecified atom stereocenters. The van der Waals surface area contributed by atoms with Crippen LogP contribution in [0.3, 0.4) is 0 Å². The Morgan fingerprint density at radius 2 is 1.11 bits per heavy atom. The number of aliphatic carboxylic acids is 2. The molecule has 0 spiro atoms. The van der Waals surface area contributed by atoms with E-state index in [2.05, 4.69) is 0 Å². The number of carboxylic acids is 2. The molecular weight excluding hydrogens is 406 g/mol. The summed E-state index contributed by atoms with van der Waals surface area (Å²) in [5.41, 5.74) is -3.43. The zero-order valence-electron chi connectivity index (χ0n) is 13.6. The molecule has 2 N–H and O–H groups in total. The van der Waals surface area contributed by atoms with Crippen molar-refractivity contribution in [2.24, 2.45) is 5.41 Å². The highest BCUT2D eigenvalue weighted by Gasteiger charge is 2.71. The third-order valence-electron chi connectivity index (χ3n) is 3.75. The minimum absolute atomic E-state index is 0.821. The quantitative estimate of drug-likeness (QED) is 0.179. The molecule has 0 radical (unpaired) electrons. The number of nitrogens with zero attached hydrogens (tertiary/aromatic N) is 4. The summed E-state index contributed by atoms with van der Waals surface area (Å²) in [6.45, 7) is 0. The zero-order valence-corrected chi connectivity index (χ0v) is 13.6. The minimum Gasteiger partial charge on any atom is -0.481 e. The predicted octanol–water partition coefficient (Wildman–Crippen LogP) is 0.446. The average molecular weight is 418 g/mol. The van der Waals surface area contributed by atoms with Crippen LogP contribution in [0.4, 0.5) is 8.78 Å². The van der Waals surface area contributed by atoms with E-state index in [1.54, 1.807) is 0 Å². The minimum atomic E-state index is -4.80. The van der Waals surface area contributed by atoms with Crippen LogP contribution in [-0.4, -0.2) is 53.7 Å². The van der Waals surface area contributed by atoms with Gasteiger partial charge in [0, 0.05) is 6.42 Å². The van der Waals surface area contributed by atoms with Crippen molar-refractivity contribution in [1.29, 1.82) is 0 Å². The second kappa shape index (κ2) is 8.39. The van der Waals surface area contributed by atoms with E-state index in [0.29, 0.717) is 0 Å². The van der Waals surface area contributed by atoms with Crippen LogP contribution in [0.2, 0.25) is 0 Å². The number of halogens is 2. The lowest BCUT2D eigenvalue weighted by molar-refractivity contribution is -0.841. The van der Waals surface area contributed by atoms with Gasteiger partial charge in [-0.2, -0.15) is 0 Å². The summed E-state index contributed by atoms with van der Waals surface area (Å²) >= 11 is 0. The SMILES string of the molecule is O=C(O)CCCC(CC(F)([N+](=O)[O-])[N+](=O)[O-])(CC(F)([N+](=O)[O-])[N+](=O)[O-])C(=O)O. The van der Waals surface area contributed by atoms with E-state index in [9.17, 15) is 63.9 Å². The summed E-state index contributed by atoms with van der Waals surface area (Å²) in [7, 11) is 0. The molecule has 0 saturated heterocycles. The molecule has 0 aliphatic carbocycles. The highest BCUT2D eigenvalue weighted by atomic mass is 19.2. The van der Waals surface area contributed by atoms with Crippen molar-refractivity contribution in [2.75, 3.05) is 0 Å². The van der Waals surface area contributed by atoms with Crippen molar-refractivity contribution in [3.63, 3.8) is 0 Å². The van der Waals surface area contributed by atoms with Crippen LogP contribution in [-0.2, 0) is 9.59 Å². The van der Waals surface area contributed by atoms with Crippen molar-refractivity contribution in [1.82, 2.24) is 0 Å². The lowest BCUT2D eigenvalue weighted by Gasteiger charge is -2.28. The largest absolute Gasteiger partial charge is 0.614 e. The lowest BCUT2D eigenvalue weighted by atomic mass is 9.74. The molecule has 18 heteroatoms. The van der Waals surface area contributed by atoms with Crippen molar-refractivity contribution in [2.45, 2.75) is 43.9 Å². The number of rotatable bonds is 13. The van der Waals surface area contributed by atoms with Crippen LogP contribution in [0, 0.1) is 45.9 Å². The Balaban J connectivity index is 6.45. The number of carboxylic acid groups (broad SMARTS) is 2. The Hall–Kier alpha value is -3.60. The first-order valence-corrected chi connectivity index (χ1v) is 6.96. The van der Waals surface area contributed by atoms with Gasteiger partial charge < -0.3 is 10.2 Å². The van der Waals surface area contributed by atoms with Crippen molar-refractivity contribution < 1.29 is 48.3 Å². The molecule has 0 fully saturated rings. The molecule has 158 valence electrons. The van der Waals surface area contributed by atoms with Gasteiger partial charge in [-0.1, -0.05) is 8.78 Å². The smallest absolute Gasteiger partial charge is 0.481 e. The number of carbonyl (C=O) groups is 2. The highest BCUT2D eigenvalue weighted by molar-refractivity contribution is 5.75. The van der Waals surface area contributed by atoms with Crippen LogP contribution in [0.25, 0.3) is 0 Å². The van der Waals surface area contributed by atoms with Gasteiger partial charge in [0.25, 0.3) is 0 Å². The Bertz CT molecular complexity index is 645. The molecule has 0 amide bonds. The summed E-state index contributed by atoms with van der Waals surface area (Å²) in [5.74, 6) is -13.6. The van der Waals surface area contributed by atoms with E-state index in [1.165, 1.54) is 0 Å². The standard InChI is InChI=1S/C10H12F2N4O12/c11-9(13(21)22,14(23)24)4-8(7(19)20,3-1-2-6(17)18)5-10(12,15(25)26)16(27)28/h1-5H2,(H,17,18)(H,19,20). The summed E-state index contributed by atoms with van der Waals surface area (Å²) in [6.07, 6.45) is -7.67. The fraction of sp³-hybridized carbons (Fsp3) is 0.800. The maximum absolute atomic E-state index is 14.2. The van der Waals surface area contributed by atoms with Crippen LogP contribution in [0.15, 0.2) is 0 Å². The third kappa shape index (κ3) is 4.98. The van der Waals surface area contributed by atoms with Crippen LogP contribution in [0.5, 0.6) is 0 Å². The molecule has 0 saturated carbocycles. The Morgan fingerprint density at radius 3 is 1.32 bits per heavy atom. The summed E-state index contributed by atoms with van der Waals surface area (Å²) in [5, 5.41) is 60.7. The molecule has 0 rings (SSSR count). The molecule has 0 atom stereocenters. The topological polar surface area (TPSA) is 247 Å². The average Bonchev–Trinajstić information content (AvgIpc) is 2.52. The molecule has 0 aliphatic rings. The monoisotopic (exact) mass is 418 g/mol. The first-order valence-electron chi connectivity index (χ1n) is 6.96. The molecule has 0 bridgehead atoms. The lowest BCUT2D eigenvalue weighted by Crippen LogP contribution is -2.54. The summed E-state index contributed by atoms with van der Waals surface area (Å²) in [4.78, 5) is 56.2. The number of nitro groups is 4. The maximum Gasteiger partial charge on any atom is 0.614 e. The van der Waals surface area contributed by atoms with E-state index in [4.69, 9.17) is 5.11 Å². The van der Waals surface area contributed by atoms with Crippen molar-refractivity contribution in [3.8, 4) is 0 Å². The van der Waals surface area contributed by atoms with Crippen LogP contribution in [0.1, 0.15) is 32.1 Å². The van der Waals surface area contributed by atoms with Gasteiger partial charge in [0.15, 0.2) is 0 Å². The van der Waals surface area contributed by atoms with E-state index < -0.39 is 81.0 Å². The van der Waals surface area contributed by atoms with Gasteiger partial charge in [0.05, 0.1) is 0 Å². The summed E-state index contributed by atoms with van der Waals surface area (Å²) in [6, 6.07) is 0. The van der Waals surface area contributed by atoms with E-state index >= 15 is 0 Å². The van der Waals surface area contributed by atoms with Gasteiger partial charge in [-0.3, -0.25) is 50.0 Å². The van der Waals surface area contributed by atoms with Gasteiger partial charge >= 0.3 is 23.8 Å². The number of hydrogen-bond acceptors (Lipinski definition) is 10. The van der Waals surface area contributed by atoms with Crippen molar-refractivity contribution >= 4 is 11.9 Å². The molecule has 0 aromatic heterocycles. The van der Waals surface area contributed by atoms with Crippen molar-refractivity contribution in [3.05, 3.63) is 40.5 Å². The van der Waals surface area contributed by atoms with Gasteiger partial charge in [-0.25, -0.2) is 0 Å². The summed E-state index contributed by atoms with van der Waals surface area (Å²) < 4.78 is 28.4. The second-order valence-electron chi connectivity index (χ2n) is 5.65. The van der Waals surface area contributed by atoms with Crippen LogP contribution < -0.4 is 0 Å². The fourth-order valence-electron chi connectivity index (χ4n) is 2.33. The second-order valence-corrected chi connectivity index (χ2v) is 5.65. The predicted molar refractivity (Wildman–Crippen MR) is 76.4 cm³/mol. The first kappa shape index (κ1) is 24.4. The molecule has 28 heavy (non-hydrogen) atoms. The van der Waals surface area contributed by atoms with E-state index in [-0.39, 0.29) is 0 Å². The number of alkyl halides is 2. The Kier molecular flexibility index (Phi) is 7.31. The fourth-order valence-corrected chi connectivity index (χ4v) is 2.33. The molecule has 0 heterocycles. The molecule has 16 nitrogen and oxygen atoms in total.